The standard InChI is InChI=1S/C22H51N3P.C2H4O2/c1-8-15-16-17-18-19-20-21-22-26(23(9-2)10-3,24(11-4)12-5)25(13-6)14-7;1-2(3)4/h8-22H2,1-7H3;1H3,(H,3,4)/q+1;/p-1. The highest BCUT2D eigenvalue weighted by Crippen LogP contribution is 2.67. The van der Waals surface area contributed by atoms with E-state index < -0.39 is 13.7 Å². The van der Waals surface area contributed by atoms with Crippen LogP contribution >= 0.6 is 7.71 Å². The van der Waals surface area contributed by atoms with E-state index >= 15 is 0 Å². The van der Waals surface area contributed by atoms with Crippen molar-refractivity contribution in [3.05, 3.63) is 0 Å². The van der Waals surface area contributed by atoms with Crippen molar-refractivity contribution in [2.24, 2.45) is 0 Å². The van der Waals surface area contributed by atoms with Crippen molar-refractivity contribution >= 4 is 13.7 Å². The Balaban J connectivity index is 0. The second-order valence-electron chi connectivity index (χ2n) is 7.80. The van der Waals surface area contributed by atoms with E-state index in [0.717, 1.165) is 6.92 Å². The Kier molecular flexibility index (Phi) is 22.0. The van der Waals surface area contributed by atoms with E-state index in [0.29, 0.717) is 0 Å². The van der Waals surface area contributed by atoms with Crippen molar-refractivity contribution in [3.63, 3.8) is 0 Å². The van der Waals surface area contributed by atoms with Crippen molar-refractivity contribution in [2.75, 3.05) is 45.4 Å². The summed E-state index contributed by atoms with van der Waals surface area (Å²) >= 11 is 0. The quantitative estimate of drug-likeness (QED) is 0.200. The van der Waals surface area contributed by atoms with Crippen molar-refractivity contribution in [2.45, 2.75) is 107 Å². The zero-order valence-corrected chi connectivity index (χ0v) is 22.6. The van der Waals surface area contributed by atoms with Gasteiger partial charge in [0.15, 0.2) is 0 Å². The van der Waals surface area contributed by atoms with Crippen LogP contribution in [0.5, 0.6) is 0 Å². The molecule has 182 valence electrons. The van der Waals surface area contributed by atoms with E-state index in [1.165, 1.54) is 96.8 Å². The predicted octanol–water partition coefficient (Wildman–Crippen LogP) is 5.67. The van der Waals surface area contributed by atoms with Gasteiger partial charge < -0.3 is 9.90 Å². The minimum atomic E-state index is -1.39. The van der Waals surface area contributed by atoms with Crippen LogP contribution in [-0.2, 0) is 4.79 Å². The van der Waals surface area contributed by atoms with Crippen LogP contribution in [0.2, 0.25) is 0 Å². The average Bonchev–Trinajstić information content (AvgIpc) is 2.72. The molecule has 30 heavy (non-hydrogen) atoms. The molecule has 0 aliphatic rings. The van der Waals surface area contributed by atoms with E-state index in [4.69, 9.17) is 9.90 Å². The summed E-state index contributed by atoms with van der Waals surface area (Å²) in [6.45, 7) is 24.5. The SMILES string of the molecule is CC(=O)[O-].CCCCCCCCCC[P+](N(CC)CC)(N(CC)CC)N(CC)CC. The van der Waals surface area contributed by atoms with E-state index in [1.807, 2.05) is 0 Å². The predicted molar refractivity (Wildman–Crippen MR) is 134 cm³/mol. The monoisotopic (exact) mass is 447 g/mol. The van der Waals surface area contributed by atoms with Gasteiger partial charge in [-0.3, -0.25) is 0 Å². The third kappa shape index (κ3) is 12.0. The third-order valence-electron chi connectivity index (χ3n) is 5.86. The highest BCUT2D eigenvalue weighted by Gasteiger charge is 2.52. The van der Waals surface area contributed by atoms with Crippen LogP contribution in [0.3, 0.4) is 0 Å². The Morgan fingerprint density at radius 3 is 1.13 bits per heavy atom. The summed E-state index contributed by atoms with van der Waals surface area (Å²) < 4.78 is 8.48. The van der Waals surface area contributed by atoms with Crippen molar-refractivity contribution in [1.82, 2.24) is 14.0 Å². The summed E-state index contributed by atoms with van der Waals surface area (Å²) in [5.74, 6) is -1.08. The lowest BCUT2D eigenvalue weighted by Crippen LogP contribution is -2.46. The molecule has 0 bridgehead atoms. The molecule has 0 radical (unpaired) electrons. The molecule has 0 N–H and O–H groups in total. The molecule has 0 unspecified atom stereocenters. The van der Waals surface area contributed by atoms with E-state index in [2.05, 4.69) is 62.5 Å². The first kappa shape index (κ1) is 32.0. The summed E-state index contributed by atoms with van der Waals surface area (Å²) in [6, 6.07) is 0. The van der Waals surface area contributed by atoms with Crippen LogP contribution in [0.15, 0.2) is 0 Å². The number of hydrogen-bond acceptors (Lipinski definition) is 5. The first-order valence-electron chi connectivity index (χ1n) is 12.7. The molecule has 0 heterocycles. The van der Waals surface area contributed by atoms with Crippen LogP contribution in [0.4, 0.5) is 0 Å². The minimum Gasteiger partial charge on any atom is -0.550 e. The normalized spacial score (nSPS) is 11.8. The Labute approximate surface area is 190 Å². The number of carbonyl (C=O) groups is 1. The fourth-order valence-electron chi connectivity index (χ4n) is 4.45. The molecule has 0 aromatic heterocycles. The molecule has 0 aromatic carbocycles. The molecule has 0 aliphatic carbocycles. The molecule has 0 atom stereocenters. The van der Waals surface area contributed by atoms with Crippen LogP contribution < -0.4 is 5.11 Å². The molecule has 0 aromatic rings. The van der Waals surface area contributed by atoms with Gasteiger partial charge in [-0.2, -0.15) is 0 Å². The summed E-state index contributed by atoms with van der Waals surface area (Å²) in [7, 11) is -1.39. The lowest BCUT2D eigenvalue weighted by Gasteiger charge is -2.47. The first-order valence-corrected chi connectivity index (χ1v) is 14.5. The topological polar surface area (TPSA) is 49.9 Å². The van der Waals surface area contributed by atoms with Gasteiger partial charge in [0.2, 0.25) is 7.71 Å². The van der Waals surface area contributed by atoms with Crippen LogP contribution in [0, 0.1) is 0 Å². The summed E-state index contributed by atoms with van der Waals surface area (Å²) in [6.07, 6.45) is 12.7. The highest BCUT2D eigenvalue weighted by atomic mass is 31.2. The second kappa shape index (κ2) is 20.7. The minimum absolute atomic E-state index is 0.972. The van der Waals surface area contributed by atoms with Crippen LogP contribution in [0.25, 0.3) is 0 Å². The van der Waals surface area contributed by atoms with Gasteiger partial charge in [0, 0.05) is 45.2 Å². The van der Waals surface area contributed by atoms with Crippen molar-refractivity contribution < 1.29 is 9.90 Å². The molecule has 6 heteroatoms. The fraction of sp³-hybridized carbons (Fsp3) is 0.958. The van der Waals surface area contributed by atoms with Gasteiger partial charge in [0.1, 0.15) is 6.16 Å². The zero-order valence-electron chi connectivity index (χ0n) is 21.7. The Morgan fingerprint density at radius 1 is 0.600 bits per heavy atom. The molecule has 0 amide bonds. The summed E-state index contributed by atoms with van der Waals surface area (Å²) in [5, 5.41) is 8.89. The maximum Gasteiger partial charge on any atom is 0.227 e. The number of carbonyl (C=O) groups excluding carboxylic acids is 1. The van der Waals surface area contributed by atoms with Gasteiger partial charge >= 0.3 is 0 Å². The Bertz CT molecular complexity index is 349. The number of aliphatic carboxylic acids is 1. The highest BCUT2D eigenvalue weighted by molar-refractivity contribution is 7.69. The number of carboxylic acid groups (broad SMARTS) is 1. The van der Waals surface area contributed by atoms with Crippen LogP contribution in [0.1, 0.15) is 107 Å². The van der Waals surface area contributed by atoms with Crippen LogP contribution in [-0.4, -0.2) is 65.4 Å². The van der Waals surface area contributed by atoms with Gasteiger partial charge in [-0.05, 0) is 61.3 Å². The Morgan fingerprint density at radius 2 is 0.867 bits per heavy atom. The maximum absolute atomic E-state index is 8.89. The molecule has 0 spiro atoms. The number of carboxylic acids is 1. The number of unbranched alkanes of at least 4 members (excludes halogenated alkanes) is 7. The molecule has 0 rings (SSSR count). The van der Waals surface area contributed by atoms with Crippen molar-refractivity contribution in [3.8, 4) is 0 Å². The number of rotatable bonds is 18. The molecular formula is C24H54N3O2P. The Hall–Kier alpha value is -0.220. The molecule has 0 saturated carbocycles. The van der Waals surface area contributed by atoms with Crippen molar-refractivity contribution in [1.29, 1.82) is 0 Å². The average molecular weight is 448 g/mol. The van der Waals surface area contributed by atoms with Gasteiger partial charge in [-0.25, -0.2) is 0 Å². The number of hydrogen-bond donors (Lipinski definition) is 0. The molecular weight excluding hydrogens is 393 g/mol. The third-order valence-corrected chi connectivity index (χ3v) is 11.2. The zero-order chi connectivity index (χ0) is 23.4. The molecule has 0 saturated heterocycles. The largest absolute Gasteiger partial charge is 0.550 e. The maximum atomic E-state index is 8.89. The van der Waals surface area contributed by atoms with E-state index in [-0.39, 0.29) is 0 Å². The lowest BCUT2D eigenvalue weighted by molar-refractivity contribution is -0.302. The first-order chi connectivity index (χ1) is 14.4. The van der Waals surface area contributed by atoms with Gasteiger partial charge in [0.05, 0.1) is 0 Å². The fourth-order valence-corrected chi connectivity index (χ4v) is 9.74. The van der Waals surface area contributed by atoms with E-state index in [1.54, 1.807) is 0 Å². The number of nitrogens with zero attached hydrogens (tertiary/aromatic N) is 3. The summed E-state index contributed by atoms with van der Waals surface area (Å²) in [5.41, 5.74) is 0. The molecule has 0 aliphatic heterocycles. The van der Waals surface area contributed by atoms with E-state index in [9.17, 15) is 0 Å². The lowest BCUT2D eigenvalue weighted by atomic mass is 10.1. The van der Waals surface area contributed by atoms with Gasteiger partial charge in [-0.15, -0.1) is 14.0 Å². The van der Waals surface area contributed by atoms with Gasteiger partial charge in [0.25, 0.3) is 0 Å². The molecule has 0 fully saturated rings. The second-order valence-corrected chi connectivity index (χ2v) is 11.3. The summed E-state index contributed by atoms with van der Waals surface area (Å²) in [4.78, 5) is 8.89. The smallest absolute Gasteiger partial charge is 0.227 e. The molecule has 5 nitrogen and oxygen atoms in total. The van der Waals surface area contributed by atoms with Gasteiger partial charge in [-0.1, -0.05) is 45.4 Å².